The Hall–Kier alpha value is -3.81. The van der Waals surface area contributed by atoms with Gasteiger partial charge in [-0.3, -0.25) is 4.79 Å². The van der Waals surface area contributed by atoms with Crippen LogP contribution in [0.2, 0.25) is 0 Å². The van der Waals surface area contributed by atoms with Gasteiger partial charge in [0, 0.05) is 12.1 Å². The molecule has 3 rings (SSSR count). The Kier molecular flexibility index (Phi) is 8.96. The van der Waals surface area contributed by atoms with Gasteiger partial charge in [-0.1, -0.05) is 12.1 Å². The third-order valence-corrected chi connectivity index (χ3v) is 8.42. The Morgan fingerprint density at radius 2 is 1.73 bits per heavy atom. The number of nitrogens with two attached hydrogens (primary N) is 1. The van der Waals surface area contributed by atoms with Crippen LogP contribution in [0, 0.1) is 20.8 Å². The zero-order chi connectivity index (χ0) is 30.9. The number of fused-ring (bicyclic) bond motifs is 1. The Bertz CT molecular complexity index is 1490. The van der Waals surface area contributed by atoms with Crippen molar-refractivity contribution in [3.05, 3.63) is 52.1 Å². The van der Waals surface area contributed by atoms with E-state index in [1.807, 2.05) is 13.8 Å². The average molecular weight is 599 g/mol. The Balaban J connectivity index is 1.81. The first-order valence-electron chi connectivity index (χ1n) is 12.6. The lowest BCUT2D eigenvalue weighted by atomic mass is 9.88. The Morgan fingerprint density at radius 3 is 2.29 bits per heavy atom. The zero-order valence-electron chi connectivity index (χ0n) is 23.5. The van der Waals surface area contributed by atoms with Crippen molar-refractivity contribution >= 4 is 33.5 Å². The van der Waals surface area contributed by atoms with Crippen LogP contribution in [0.1, 0.15) is 48.1 Å². The van der Waals surface area contributed by atoms with Gasteiger partial charge in [0.15, 0.2) is 0 Å². The number of alkyl halides is 3. The van der Waals surface area contributed by atoms with Crippen LogP contribution >= 0.6 is 0 Å². The Morgan fingerprint density at radius 1 is 1.12 bits per heavy atom. The van der Waals surface area contributed by atoms with Crippen LogP contribution in [0.5, 0.6) is 5.75 Å². The lowest BCUT2D eigenvalue weighted by Gasteiger charge is -2.35. The van der Waals surface area contributed by atoms with E-state index in [1.54, 1.807) is 26.1 Å². The predicted octanol–water partition coefficient (Wildman–Crippen LogP) is 3.59. The molecule has 41 heavy (non-hydrogen) atoms. The third kappa shape index (κ3) is 7.29. The smallest absolute Gasteiger partial charge is 0.471 e. The van der Waals surface area contributed by atoms with Crippen molar-refractivity contribution < 1.29 is 40.7 Å². The molecule has 1 heterocycles. The van der Waals surface area contributed by atoms with Crippen molar-refractivity contribution in [2.75, 3.05) is 12.4 Å². The Labute approximate surface area is 236 Å². The SMILES string of the molecule is COC(=O)C(Cc1ccc(NC(N)=NS(=O)(=O)c2c(C)c(C)c3c(c2C)CCC(C)(C)O3)cc1)NC(=O)C(F)(F)F. The molecular formula is C27H33F3N4O6S. The van der Waals surface area contributed by atoms with Crippen LogP contribution in [0.25, 0.3) is 0 Å². The number of ether oxygens (including phenoxy) is 2. The molecule has 0 saturated carbocycles. The van der Waals surface area contributed by atoms with E-state index in [4.69, 9.17) is 10.5 Å². The predicted molar refractivity (Wildman–Crippen MR) is 146 cm³/mol. The maximum absolute atomic E-state index is 13.4. The molecule has 0 bridgehead atoms. The van der Waals surface area contributed by atoms with Crippen molar-refractivity contribution in [2.24, 2.45) is 10.1 Å². The fourth-order valence-electron chi connectivity index (χ4n) is 4.62. The number of rotatable bonds is 7. The number of anilines is 1. The number of hydrogen-bond donors (Lipinski definition) is 3. The molecule has 1 atom stereocenters. The molecule has 2 aromatic rings. The molecule has 224 valence electrons. The van der Waals surface area contributed by atoms with Gasteiger partial charge < -0.3 is 25.8 Å². The van der Waals surface area contributed by atoms with Gasteiger partial charge in [0.1, 0.15) is 17.4 Å². The van der Waals surface area contributed by atoms with E-state index < -0.39 is 40.1 Å². The molecule has 0 fully saturated rings. The first kappa shape index (κ1) is 31.7. The van der Waals surface area contributed by atoms with E-state index in [2.05, 4.69) is 14.5 Å². The minimum Gasteiger partial charge on any atom is -0.487 e. The van der Waals surface area contributed by atoms with Gasteiger partial charge in [0.25, 0.3) is 10.0 Å². The molecular weight excluding hydrogens is 565 g/mol. The van der Waals surface area contributed by atoms with Gasteiger partial charge in [-0.05, 0) is 87.4 Å². The van der Waals surface area contributed by atoms with E-state index in [-0.39, 0.29) is 16.9 Å². The van der Waals surface area contributed by atoms with Crippen LogP contribution in [0.4, 0.5) is 18.9 Å². The first-order chi connectivity index (χ1) is 18.9. The summed E-state index contributed by atoms with van der Waals surface area (Å²) in [4.78, 5) is 23.3. The minimum absolute atomic E-state index is 0.0620. The summed E-state index contributed by atoms with van der Waals surface area (Å²) >= 11 is 0. The normalized spacial score (nSPS) is 15.8. The summed E-state index contributed by atoms with van der Waals surface area (Å²) in [6.45, 7) is 9.18. The quantitative estimate of drug-likeness (QED) is 0.249. The first-order valence-corrected chi connectivity index (χ1v) is 14.0. The summed E-state index contributed by atoms with van der Waals surface area (Å²) in [5.74, 6) is -3.04. The van der Waals surface area contributed by atoms with Gasteiger partial charge in [-0.15, -0.1) is 4.40 Å². The standard InChI is InChI=1S/C27H33F3N4O6S/c1-14-15(2)22(16(3)19-11-12-26(4,5)40-21(14)19)41(37,38)34-25(31)32-18-9-7-17(8-10-18)13-20(23(35)39-6)33-24(36)27(28,29)30/h7-10,20H,11-13H2,1-6H3,(H,33,36)(H3,31,32,34). The second-order valence-electron chi connectivity index (χ2n) is 10.4. The highest BCUT2D eigenvalue weighted by Gasteiger charge is 2.41. The van der Waals surface area contributed by atoms with E-state index in [1.165, 1.54) is 24.3 Å². The average Bonchev–Trinajstić information content (AvgIpc) is 2.85. The molecule has 0 aliphatic carbocycles. The topological polar surface area (TPSA) is 149 Å². The minimum atomic E-state index is -5.17. The number of nitrogens with one attached hydrogen (secondary N) is 2. The molecule has 2 aromatic carbocycles. The molecule has 4 N–H and O–H groups in total. The molecule has 0 aromatic heterocycles. The molecule has 0 radical (unpaired) electrons. The van der Waals surface area contributed by atoms with Gasteiger partial charge in [-0.2, -0.15) is 21.6 Å². The van der Waals surface area contributed by atoms with Crippen LogP contribution in [0.3, 0.4) is 0 Å². The molecule has 0 spiro atoms. The van der Waals surface area contributed by atoms with Gasteiger partial charge in [-0.25, -0.2) is 4.79 Å². The molecule has 0 saturated heterocycles. The number of esters is 1. The number of carbonyl (C=O) groups excluding carboxylic acids is 2. The number of guanidine groups is 1. The maximum Gasteiger partial charge on any atom is 0.471 e. The summed E-state index contributed by atoms with van der Waals surface area (Å²) in [6.07, 6.45) is -4.08. The summed E-state index contributed by atoms with van der Waals surface area (Å²) in [5.41, 5.74) is 8.88. The van der Waals surface area contributed by atoms with Crippen molar-refractivity contribution in [3.8, 4) is 5.75 Å². The second kappa shape index (κ2) is 11.6. The van der Waals surface area contributed by atoms with Gasteiger partial charge in [0.2, 0.25) is 5.96 Å². The van der Waals surface area contributed by atoms with E-state index in [0.29, 0.717) is 40.1 Å². The monoisotopic (exact) mass is 598 g/mol. The fourth-order valence-corrected chi connectivity index (χ4v) is 6.06. The number of amides is 1. The number of hydrogen-bond acceptors (Lipinski definition) is 6. The maximum atomic E-state index is 13.4. The molecule has 1 amide bonds. The highest BCUT2D eigenvalue weighted by molar-refractivity contribution is 7.90. The van der Waals surface area contributed by atoms with E-state index in [0.717, 1.165) is 19.1 Å². The van der Waals surface area contributed by atoms with E-state index >= 15 is 0 Å². The summed E-state index contributed by atoms with van der Waals surface area (Å²) in [5, 5.41) is 4.29. The van der Waals surface area contributed by atoms with Gasteiger partial charge in [0.05, 0.1) is 12.0 Å². The summed E-state index contributed by atoms with van der Waals surface area (Å²) in [6, 6.07) is 4.27. The van der Waals surface area contributed by atoms with Crippen LogP contribution in [-0.4, -0.2) is 51.2 Å². The molecule has 1 aliphatic heterocycles. The molecule has 1 unspecified atom stereocenters. The largest absolute Gasteiger partial charge is 0.487 e. The van der Waals surface area contributed by atoms with Gasteiger partial charge >= 0.3 is 18.1 Å². The molecule has 14 heteroatoms. The lowest BCUT2D eigenvalue weighted by Crippen LogP contribution is -2.48. The van der Waals surface area contributed by atoms with Crippen LogP contribution in [-0.2, 0) is 37.2 Å². The number of benzene rings is 2. The van der Waals surface area contributed by atoms with Crippen LogP contribution in [0.15, 0.2) is 33.6 Å². The number of sulfonamides is 1. The fraction of sp³-hybridized carbons (Fsp3) is 0.444. The molecule has 1 aliphatic rings. The van der Waals surface area contributed by atoms with Crippen molar-refractivity contribution in [1.82, 2.24) is 5.32 Å². The van der Waals surface area contributed by atoms with Crippen LogP contribution < -0.4 is 21.1 Å². The highest BCUT2D eigenvalue weighted by Crippen LogP contribution is 2.42. The number of carbonyl (C=O) groups is 2. The van der Waals surface area contributed by atoms with Crippen molar-refractivity contribution in [1.29, 1.82) is 0 Å². The highest BCUT2D eigenvalue weighted by atomic mass is 32.2. The zero-order valence-corrected chi connectivity index (χ0v) is 24.3. The number of nitrogens with zero attached hydrogens (tertiary/aromatic N) is 1. The van der Waals surface area contributed by atoms with Crippen molar-refractivity contribution in [2.45, 2.75) is 76.6 Å². The number of halogens is 3. The number of methoxy groups -OCH3 is 1. The second-order valence-corrected chi connectivity index (χ2v) is 11.9. The van der Waals surface area contributed by atoms with E-state index in [9.17, 15) is 31.2 Å². The third-order valence-electron chi connectivity index (χ3n) is 6.86. The lowest BCUT2D eigenvalue weighted by molar-refractivity contribution is -0.175. The molecule has 10 nitrogen and oxygen atoms in total. The van der Waals surface area contributed by atoms with Crippen molar-refractivity contribution in [3.63, 3.8) is 0 Å². The summed E-state index contributed by atoms with van der Waals surface area (Å²) < 4.78 is 79.1. The summed E-state index contributed by atoms with van der Waals surface area (Å²) in [7, 11) is -3.24.